The summed E-state index contributed by atoms with van der Waals surface area (Å²) >= 11 is 1.55. The summed E-state index contributed by atoms with van der Waals surface area (Å²) in [6.07, 6.45) is 2.10. The molecule has 1 aliphatic heterocycles. The van der Waals surface area contributed by atoms with Crippen molar-refractivity contribution >= 4 is 27.5 Å². The lowest BCUT2D eigenvalue weighted by Gasteiger charge is -2.21. The Bertz CT molecular complexity index is 537. The Balaban J connectivity index is 1.75. The van der Waals surface area contributed by atoms with E-state index in [-0.39, 0.29) is 5.95 Å². The minimum atomic E-state index is 0.270. The van der Waals surface area contributed by atoms with E-state index in [0.717, 1.165) is 36.3 Å². The summed E-state index contributed by atoms with van der Waals surface area (Å²) in [5, 5.41) is 2.92. The van der Waals surface area contributed by atoms with Crippen molar-refractivity contribution in [2.24, 2.45) is 5.92 Å². The van der Waals surface area contributed by atoms with Gasteiger partial charge in [0.2, 0.25) is 11.8 Å². The molecule has 3 heterocycles. The number of anilines is 1. The maximum Gasteiger partial charge on any atom is 0.227 e. The van der Waals surface area contributed by atoms with Gasteiger partial charge in [0.05, 0.1) is 12.0 Å². The second kappa shape index (κ2) is 5.07. The first-order valence-electron chi connectivity index (χ1n) is 6.04. The minimum absolute atomic E-state index is 0.270. The Morgan fingerprint density at radius 2 is 2.22 bits per heavy atom. The highest BCUT2D eigenvalue weighted by atomic mass is 32.1. The highest BCUT2D eigenvalue weighted by Gasteiger charge is 2.16. The average molecular weight is 265 g/mol. The average Bonchev–Trinajstić information content (AvgIpc) is 2.85. The van der Waals surface area contributed by atoms with Gasteiger partial charge in [0.1, 0.15) is 4.83 Å². The second-order valence-electron chi connectivity index (χ2n) is 4.39. The van der Waals surface area contributed by atoms with E-state index in [0.29, 0.717) is 18.4 Å². The van der Waals surface area contributed by atoms with Gasteiger partial charge in [-0.15, -0.1) is 11.3 Å². The molecule has 2 aromatic rings. The molecule has 2 N–H and O–H groups in total. The molecule has 18 heavy (non-hydrogen) atoms. The molecule has 0 unspecified atom stereocenters. The van der Waals surface area contributed by atoms with Gasteiger partial charge in [0, 0.05) is 13.2 Å². The Kier molecular flexibility index (Phi) is 3.29. The Morgan fingerprint density at radius 1 is 1.39 bits per heavy atom. The smallest absolute Gasteiger partial charge is 0.227 e. The van der Waals surface area contributed by atoms with Gasteiger partial charge < -0.3 is 15.2 Å². The van der Waals surface area contributed by atoms with Crippen LogP contribution < -0.4 is 10.5 Å². The van der Waals surface area contributed by atoms with E-state index in [9.17, 15) is 0 Å². The molecule has 1 fully saturated rings. The van der Waals surface area contributed by atoms with Crippen molar-refractivity contribution in [2.75, 3.05) is 25.6 Å². The van der Waals surface area contributed by atoms with Crippen LogP contribution in [0.25, 0.3) is 10.2 Å². The second-order valence-corrected chi connectivity index (χ2v) is 5.29. The summed E-state index contributed by atoms with van der Waals surface area (Å²) in [6, 6.07) is 1.97. The molecule has 0 radical (unpaired) electrons. The van der Waals surface area contributed by atoms with Crippen LogP contribution in [0.4, 0.5) is 5.95 Å². The summed E-state index contributed by atoms with van der Waals surface area (Å²) in [5.41, 5.74) is 5.68. The maximum absolute atomic E-state index is 5.82. The van der Waals surface area contributed by atoms with E-state index in [1.807, 2.05) is 11.4 Å². The lowest BCUT2D eigenvalue weighted by atomic mass is 10.0. The van der Waals surface area contributed by atoms with E-state index in [1.54, 1.807) is 11.3 Å². The number of nitrogens with two attached hydrogens (primary N) is 1. The van der Waals surface area contributed by atoms with E-state index in [4.69, 9.17) is 15.2 Å². The topological polar surface area (TPSA) is 70.3 Å². The van der Waals surface area contributed by atoms with Gasteiger partial charge in [0.25, 0.3) is 0 Å². The van der Waals surface area contributed by atoms with Crippen LogP contribution in [0.15, 0.2) is 11.4 Å². The molecule has 0 bridgehead atoms. The number of aromatic nitrogens is 2. The van der Waals surface area contributed by atoms with Crippen LogP contribution in [-0.4, -0.2) is 29.8 Å². The molecule has 0 saturated carbocycles. The molecule has 2 aromatic heterocycles. The third kappa shape index (κ3) is 2.39. The van der Waals surface area contributed by atoms with Gasteiger partial charge in [-0.1, -0.05) is 0 Å². The number of ether oxygens (including phenoxy) is 2. The predicted octanol–water partition coefficient (Wildman–Crippen LogP) is 2.08. The van der Waals surface area contributed by atoms with Crippen molar-refractivity contribution in [1.29, 1.82) is 0 Å². The van der Waals surface area contributed by atoms with Crippen molar-refractivity contribution in [1.82, 2.24) is 9.97 Å². The van der Waals surface area contributed by atoms with Crippen LogP contribution in [0.1, 0.15) is 12.8 Å². The molecule has 0 aliphatic carbocycles. The minimum Gasteiger partial charge on any atom is -0.477 e. The lowest BCUT2D eigenvalue weighted by molar-refractivity contribution is 0.0493. The summed E-state index contributed by atoms with van der Waals surface area (Å²) < 4.78 is 11.1. The van der Waals surface area contributed by atoms with Gasteiger partial charge in [-0.3, -0.25) is 0 Å². The van der Waals surface area contributed by atoms with Gasteiger partial charge in [-0.25, -0.2) is 4.98 Å². The third-order valence-corrected chi connectivity index (χ3v) is 3.91. The maximum atomic E-state index is 5.82. The van der Waals surface area contributed by atoms with Crippen molar-refractivity contribution in [3.63, 3.8) is 0 Å². The van der Waals surface area contributed by atoms with Crippen LogP contribution in [0.5, 0.6) is 5.88 Å². The number of rotatable bonds is 3. The van der Waals surface area contributed by atoms with Gasteiger partial charge in [-0.2, -0.15) is 4.98 Å². The first kappa shape index (κ1) is 11.7. The molecule has 96 valence electrons. The molecule has 1 aliphatic rings. The third-order valence-electron chi connectivity index (χ3n) is 3.10. The highest BCUT2D eigenvalue weighted by molar-refractivity contribution is 7.16. The summed E-state index contributed by atoms with van der Waals surface area (Å²) in [7, 11) is 0. The van der Waals surface area contributed by atoms with Crippen molar-refractivity contribution in [3.8, 4) is 5.88 Å². The molecule has 6 heteroatoms. The Morgan fingerprint density at radius 3 is 3.06 bits per heavy atom. The summed E-state index contributed by atoms with van der Waals surface area (Å²) in [6.45, 7) is 2.33. The van der Waals surface area contributed by atoms with Crippen molar-refractivity contribution in [2.45, 2.75) is 12.8 Å². The van der Waals surface area contributed by atoms with E-state index in [1.165, 1.54) is 0 Å². The zero-order valence-corrected chi connectivity index (χ0v) is 10.8. The fourth-order valence-corrected chi connectivity index (χ4v) is 2.83. The zero-order valence-electron chi connectivity index (χ0n) is 9.96. The van der Waals surface area contributed by atoms with Crippen LogP contribution in [0.2, 0.25) is 0 Å². The molecule has 1 saturated heterocycles. The summed E-state index contributed by atoms with van der Waals surface area (Å²) in [4.78, 5) is 9.23. The predicted molar refractivity (Wildman–Crippen MR) is 70.9 cm³/mol. The molecule has 3 rings (SSSR count). The fourth-order valence-electron chi connectivity index (χ4n) is 2.06. The van der Waals surface area contributed by atoms with Gasteiger partial charge in [0.15, 0.2) is 0 Å². The van der Waals surface area contributed by atoms with E-state index < -0.39 is 0 Å². The first-order valence-corrected chi connectivity index (χ1v) is 6.92. The molecule has 0 atom stereocenters. The largest absolute Gasteiger partial charge is 0.477 e. The monoisotopic (exact) mass is 265 g/mol. The molecule has 0 spiro atoms. The number of hydrogen-bond donors (Lipinski definition) is 1. The molecular weight excluding hydrogens is 250 g/mol. The van der Waals surface area contributed by atoms with Crippen LogP contribution in [-0.2, 0) is 4.74 Å². The highest BCUT2D eigenvalue weighted by Crippen LogP contribution is 2.28. The SMILES string of the molecule is Nc1nc(OCC2CCOCC2)c2ccsc2n1. The molecule has 0 aromatic carbocycles. The number of thiophene rings is 1. The summed E-state index contributed by atoms with van der Waals surface area (Å²) in [5.74, 6) is 1.42. The number of fused-ring (bicyclic) bond motifs is 1. The molecule has 5 nitrogen and oxygen atoms in total. The quantitative estimate of drug-likeness (QED) is 0.920. The molecule has 0 amide bonds. The normalized spacial score (nSPS) is 17.1. The van der Waals surface area contributed by atoms with Crippen LogP contribution in [0, 0.1) is 5.92 Å². The number of nitrogen functional groups attached to an aromatic ring is 1. The number of hydrogen-bond acceptors (Lipinski definition) is 6. The zero-order chi connectivity index (χ0) is 12.4. The first-order chi connectivity index (χ1) is 8.83. The van der Waals surface area contributed by atoms with Crippen LogP contribution >= 0.6 is 11.3 Å². The van der Waals surface area contributed by atoms with E-state index >= 15 is 0 Å². The lowest BCUT2D eigenvalue weighted by Crippen LogP contribution is -2.21. The number of nitrogens with zero attached hydrogens (tertiary/aromatic N) is 2. The standard InChI is InChI=1S/C12H15N3O2S/c13-12-14-10(9-3-6-18-11(9)15-12)17-7-8-1-4-16-5-2-8/h3,6,8H,1-2,4-5,7H2,(H2,13,14,15). The Hall–Kier alpha value is -1.40. The van der Waals surface area contributed by atoms with Crippen molar-refractivity contribution < 1.29 is 9.47 Å². The van der Waals surface area contributed by atoms with E-state index in [2.05, 4.69) is 9.97 Å². The van der Waals surface area contributed by atoms with Crippen molar-refractivity contribution in [3.05, 3.63) is 11.4 Å². The van der Waals surface area contributed by atoms with Crippen LogP contribution in [0.3, 0.4) is 0 Å². The fraction of sp³-hybridized carbons (Fsp3) is 0.500. The van der Waals surface area contributed by atoms with Gasteiger partial charge in [-0.05, 0) is 30.2 Å². The molecular formula is C12H15N3O2S. The van der Waals surface area contributed by atoms with Gasteiger partial charge >= 0.3 is 0 Å². The Labute approximate surface area is 109 Å².